The molecule has 0 spiro atoms. The molecule has 1 aliphatic carbocycles. The molecule has 2 heterocycles. The highest BCUT2D eigenvalue weighted by Crippen LogP contribution is 2.36. The van der Waals surface area contributed by atoms with Crippen LogP contribution in [0.3, 0.4) is 0 Å². The number of thioether (sulfide) groups is 1. The fourth-order valence-corrected chi connectivity index (χ4v) is 6.04. The van der Waals surface area contributed by atoms with Crippen molar-refractivity contribution in [1.29, 1.82) is 0 Å². The number of benzene rings is 2. The standard InChI is InChI=1S/C29H29FN2O2S/c1-19-16-24(17-27-28(33)31(29(34)35-27)18-21-8-12-25(30)13-9-21)20(2)32(19)26-14-10-23(11-15-26)22-6-4-3-5-7-22/h8-17,22H,3-7,18H2,1-2H3/b27-17-. The van der Waals surface area contributed by atoms with Gasteiger partial charge >= 0.3 is 0 Å². The van der Waals surface area contributed by atoms with Crippen molar-refractivity contribution in [2.75, 3.05) is 0 Å². The lowest BCUT2D eigenvalue weighted by Gasteiger charge is -2.22. The van der Waals surface area contributed by atoms with Crippen LogP contribution in [0.4, 0.5) is 9.18 Å². The van der Waals surface area contributed by atoms with Crippen LogP contribution in [0, 0.1) is 19.7 Å². The van der Waals surface area contributed by atoms with Gasteiger partial charge in [0, 0.05) is 17.1 Å². The smallest absolute Gasteiger partial charge is 0.293 e. The number of rotatable bonds is 5. The molecule has 0 unspecified atom stereocenters. The van der Waals surface area contributed by atoms with E-state index < -0.39 is 0 Å². The lowest BCUT2D eigenvalue weighted by atomic mass is 9.84. The maximum absolute atomic E-state index is 13.2. The van der Waals surface area contributed by atoms with Crippen molar-refractivity contribution < 1.29 is 14.0 Å². The van der Waals surface area contributed by atoms with Crippen molar-refractivity contribution in [2.45, 2.75) is 58.4 Å². The molecule has 1 saturated heterocycles. The fraction of sp³-hybridized carbons (Fsp3) is 0.310. The van der Waals surface area contributed by atoms with Gasteiger partial charge in [-0.25, -0.2) is 4.39 Å². The van der Waals surface area contributed by atoms with Crippen molar-refractivity contribution in [3.8, 4) is 5.69 Å². The summed E-state index contributed by atoms with van der Waals surface area (Å²) in [5.41, 5.74) is 6.26. The monoisotopic (exact) mass is 488 g/mol. The Labute approximate surface area is 209 Å². The molecule has 1 aromatic heterocycles. The Hall–Kier alpha value is -3.12. The van der Waals surface area contributed by atoms with Crippen LogP contribution in [0.2, 0.25) is 0 Å². The lowest BCUT2D eigenvalue weighted by Crippen LogP contribution is -2.27. The second-order valence-corrected chi connectivity index (χ2v) is 10.5. The third-order valence-corrected chi connectivity index (χ3v) is 8.02. The predicted molar refractivity (Wildman–Crippen MR) is 139 cm³/mol. The Morgan fingerprint density at radius 1 is 0.971 bits per heavy atom. The first-order chi connectivity index (χ1) is 16.9. The zero-order valence-corrected chi connectivity index (χ0v) is 20.9. The summed E-state index contributed by atoms with van der Waals surface area (Å²) in [5.74, 6) is 0.0125. The topological polar surface area (TPSA) is 42.3 Å². The quantitative estimate of drug-likeness (QED) is 0.349. The van der Waals surface area contributed by atoms with Crippen LogP contribution in [0.15, 0.2) is 59.5 Å². The first-order valence-electron chi connectivity index (χ1n) is 12.2. The van der Waals surface area contributed by atoms with Crippen LogP contribution >= 0.6 is 11.8 Å². The van der Waals surface area contributed by atoms with Gasteiger partial charge in [-0.1, -0.05) is 43.5 Å². The molecule has 0 atom stereocenters. The Bertz CT molecular complexity index is 1290. The van der Waals surface area contributed by atoms with Crippen LogP contribution < -0.4 is 0 Å². The Morgan fingerprint density at radius 3 is 2.34 bits per heavy atom. The highest BCUT2D eigenvalue weighted by molar-refractivity contribution is 8.18. The van der Waals surface area contributed by atoms with Gasteiger partial charge in [-0.05, 0) is 97.5 Å². The summed E-state index contributed by atoms with van der Waals surface area (Å²) >= 11 is 0.952. The Kier molecular flexibility index (Phi) is 6.65. The van der Waals surface area contributed by atoms with Gasteiger partial charge in [0.15, 0.2) is 0 Å². The van der Waals surface area contributed by atoms with E-state index in [-0.39, 0.29) is 23.5 Å². The van der Waals surface area contributed by atoms with E-state index in [4.69, 9.17) is 0 Å². The molecule has 2 fully saturated rings. The first-order valence-corrected chi connectivity index (χ1v) is 13.0. The van der Waals surface area contributed by atoms with Gasteiger partial charge in [-0.3, -0.25) is 14.5 Å². The van der Waals surface area contributed by atoms with E-state index in [1.807, 2.05) is 13.0 Å². The lowest BCUT2D eigenvalue weighted by molar-refractivity contribution is -0.123. The number of carbonyl (C=O) groups is 2. The van der Waals surface area contributed by atoms with E-state index >= 15 is 0 Å². The highest BCUT2D eigenvalue weighted by Gasteiger charge is 2.35. The summed E-state index contributed by atoms with van der Waals surface area (Å²) in [6.45, 7) is 4.23. The molecule has 3 aromatic rings. The molecule has 0 bridgehead atoms. The van der Waals surface area contributed by atoms with Crippen LogP contribution in [-0.4, -0.2) is 20.6 Å². The van der Waals surface area contributed by atoms with Gasteiger partial charge in [-0.2, -0.15) is 0 Å². The van der Waals surface area contributed by atoms with Crippen LogP contribution in [0.5, 0.6) is 0 Å². The van der Waals surface area contributed by atoms with Gasteiger partial charge < -0.3 is 4.57 Å². The first kappa shape index (κ1) is 23.6. The van der Waals surface area contributed by atoms with Gasteiger partial charge in [0.2, 0.25) is 0 Å². The minimum atomic E-state index is -0.346. The molecule has 180 valence electrons. The summed E-state index contributed by atoms with van der Waals surface area (Å²) in [4.78, 5) is 27.2. The van der Waals surface area contributed by atoms with E-state index in [1.165, 1.54) is 54.7 Å². The third-order valence-electron chi connectivity index (χ3n) is 7.11. The summed E-state index contributed by atoms with van der Waals surface area (Å²) < 4.78 is 15.4. The SMILES string of the molecule is Cc1cc(/C=C2\SC(=O)N(Cc3ccc(F)cc3)C2=O)c(C)n1-c1ccc(C2CCCCC2)cc1. The molecule has 2 aliphatic rings. The summed E-state index contributed by atoms with van der Waals surface area (Å²) in [6, 6.07) is 16.8. The second kappa shape index (κ2) is 9.86. The molecule has 2 amide bonds. The summed E-state index contributed by atoms with van der Waals surface area (Å²) in [7, 11) is 0. The van der Waals surface area contributed by atoms with E-state index in [0.717, 1.165) is 34.4 Å². The number of halogens is 1. The molecular formula is C29H29FN2O2S. The Morgan fingerprint density at radius 2 is 1.66 bits per heavy atom. The van der Waals surface area contributed by atoms with Gasteiger partial charge in [0.05, 0.1) is 11.4 Å². The number of hydrogen-bond acceptors (Lipinski definition) is 3. The molecule has 6 heteroatoms. The van der Waals surface area contributed by atoms with Crippen LogP contribution in [-0.2, 0) is 11.3 Å². The largest absolute Gasteiger partial charge is 0.318 e. The number of nitrogens with zero attached hydrogens (tertiary/aromatic N) is 2. The van der Waals surface area contributed by atoms with Crippen molar-refractivity contribution in [3.63, 3.8) is 0 Å². The van der Waals surface area contributed by atoms with E-state index in [1.54, 1.807) is 12.1 Å². The van der Waals surface area contributed by atoms with Crippen LogP contribution in [0.25, 0.3) is 11.8 Å². The fourth-order valence-electron chi connectivity index (χ4n) is 5.21. The van der Waals surface area contributed by atoms with Crippen molar-refractivity contribution >= 4 is 29.0 Å². The molecule has 0 N–H and O–H groups in total. The molecule has 2 aromatic carbocycles. The number of amides is 2. The maximum Gasteiger partial charge on any atom is 0.293 e. The summed E-state index contributed by atoms with van der Waals surface area (Å²) in [6.07, 6.45) is 8.36. The molecular weight excluding hydrogens is 459 g/mol. The second-order valence-electron chi connectivity index (χ2n) is 9.48. The number of aromatic nitrogens is 1. The van der Waals surface area contributed by atoms with Crippen molar-refractivity contribution in [2.24, 2.45) is 0 Å². The number of carbonyl (C=O) groups excluding carboxylic acids is 2. The summed E-state index contributed by atoms with van der Waals surface area (Å²) in [5, 5.41) is -0.308. The third kappa shape index (κ3) is 4.85. The van der Waals surface area contributed by atoms with E-state index in [0.29, 0.717) is 16.4 Å². The minimum absolute atomic E-state index is 0.134. The minimum Gasteiger partial charge on any atom is -0.318 e. The van der Waals surface area contributed by atoms with E-state index in [9.17, 15) is 14.0 Å². The van der Waals surface area contributed by atoms with Gasteiger partial charge in [0.25, 0.3) is 11.1 Å². The average molecular weight is 489 g/mol. The normalized spacial score (nSPS) is 18.1. The maximum atomic E-state index is 13.2. The van der Waals surface area contributed by atoms with E-state index in [2.05, 4.69) is 41.8 Å². The molecule has 1 saturated carbocycles. The molecule has 1 aliphatic heterocycles. The highest BCUT2D eigenvalue weighted by atomic mass is 32.2. The molecule has 4 nitrogen and oxygen atoms in total. The predicted octanol–water partition coefficient (Wildman–Crippen LogP) is 7.52. The molecule has 35 heavy (non-hydrogen) atoms. The van der Waals surface area contributed by atoms with Crippen LogP contribution in [0.1, 0.15) is 66.1 Å². The Balaban J connectivity index is 1.36. The number of aryl methyl sites for hydroxylation is 1. The van der Waals surface area contributed by atoms with Gasteiger partial charge in [-0.15, -0.1) is 0 Å². The van der Waals surface area contributed by atoms with Gasteiger partial charge in [0.1, 0.15) is 5.82 Å². The molecule has 0 radical (unpaired) electrons. The van der Waals surface area contributed by atoms with Crippen molar-refractivity contribution in [3.05, 3.63) is 93.4 Å². The number of imide groups is 1. The molecule has 5 rings (SSSR count). The van der Waals surface area contributed by atoms with Crippen molar-refractivity contribution in [1.82, 2.24) is 9.47 Å². The average Bonchev–Trinajstić information content (AvgIpc) is 3.30. The zero-order chi connectivity index (χ0) is 24.5. The zero-order valence-electron chi connectivity index (χ0n) is 20.1. The number of hydrogen-bond donors (Lipinski definition) is 0.